The number of hydrogen-bond acceptors (Lipinski definition) is 7. The summed E-state index contributed by atoms with van der Waals surface area (Å²) in [7, 11) is 0. The lowest BCUT2D eigenvalue weighted by molar-refractivity contribution is 0.174. The van der Waals surface area contributed by atoms with E-state index in [-0.39, 0.29) is 23.8 Å². The van der Waals surface area contributed by atoms with Crippen LogP contribution in [0.15, 0.2) is 23.3 Å². The van der Waals surface area contributed by atoms with Gasteiger partial charge in [0.05, 0.1) is 10.9 Å². The van der Waals surface area contributed by atoms with E-state index in [1.807, 2.05) is 0 Å². The highest BCUT2D eigenvalue weighted by Gasteiger charge is 2.17. The largest absolute Gasteiger partial charge is 0.454 e. The smallest absolute Gasteiger partial charge is 0.278 e. The van der Waals surface area contributed by atoms with Crippen LogP contribution in [0, 0.1) is 0 Å². The predicted molar refractivity (Wildman–Crippen MR) is 64.8 cm³/mol. The first-order chi connectivity index (χ1) is 9.33. The maximum atomic E-state index is 12.3. The summed E-state index contributed by atoms with van der Waals surface area (Å²) in [5, 5.41) is 13.6. The number of benzene rings is 1. The SMILES string of the molecule is O.O=c1c2cc3c(cc2ncn1-c1nn[nH]n1)OCO3. The highest BCUT2D eigenvalue weighted by atomic mass is 16.7. The number of fused-ring (bicyclic) bond motifs is 2. The Morgan fingerprint density at radius 1 is 1.25 bits per heavy atom. The molecule has 0 fully saturated rings. The topological polar surface area (TPSA) is 139 Å². The molecule has 3 heterocycles. The first kappa shape index (κ1) is 12.0. The maximum absolute atomic E-state index is 12.3. The molecule has 0 radical (unpaired) electrons. The Kier molecular flexibility index (Phi) is 2.57. The molecule has 1 aliphatic rings. The molecule has 0 aliphatic carbocycles. The summed E-state index contributed by atoms with van der Waals surface area (Å²) >= 11 is 0. The van der Waals surface area contributed by atoms with Crippen LogP contribution in [0.2, 0.25) is 0 Å². The Hall–Kier alpha value is -3.01. The molecule has 2 aromatic heterocycles. The van der Waals surface area contributed by atoms with Crippen molar-refractivity contribution in [2.75, 3.05) is 6.79 Å². The molecule has 0 saturated heterocycles. The van der Waals surface area contributed by atoms with Crippen LogP contribution in [-0.4, -0.2) is 42.4 Å². The van der Waals surface area contributed by atoms with Crippen molar-refractivity contribution in [2.45, 2.75) is 0 Å². The highest BCUT2D eigenvalue weighted by Crippen LogP contribution is 2.34. The van der Waals surface area contributed by atoms with Crippen LogP contribution in [0.3, 0.4) is 0 Å². The Bertz CT molecular complexity index is 828. The fraction of sp³-hybridized carbons (Fsp3) is 0.100. The van der Waals surface area contributed by atoms with E-state index in [4.69, 9.17) is 9.47 Å². The minimum absolute atomic E-state index is 0. The molecule has 10 nitrogen and oxygen atoms in total. The van der Waals surface area contributed by atoms with Crippen molar-refractivity contribution in [1.29, 1.82) is 0 Å². The van der Waals surface area contributed by atoms with Gasteiger partial charge in [0.25, 0.3) is 11.5 Å². The zero-order chi connectivity index (χ0) is 12.8. The van der Waals surface area contributed by atoms with Crippen molar-refractivity contribution >= 4 is 10.9 Å². The number of tetrazole rings is 1. The minimum Gasteiger partial charge on any atom is -0.454 e. The lowest BCUT2D eigenvalue weighted by Crippen LogP contribution is -2.20. The van der Waals surface area contributed by atoms with Crippen molar-refractivity contribution in [3.05, 3.63) is 28.8 Å². The van der Waals surface area contributed by atoms with Gasteiger partial charge < -0.3 is 14.9 Å². The van der Waals surface area contributed by atoms with E-state index in [2.05, 4.69) is 25.6 Å². The average Bonchev–Trinajstić information content (AvgIpc) is 3.08. The number of ether oxygens (including phenoxy) is 2. The first-order valence-electron chi connectivity index (χ1n) is 5.38. The van der Waals surface area contributed by atoms with Crippen LogP contribution in [-0.2, 0) is 0 Å². The molecule has 4 rings (SSSR count). The van der Waals surface area contributed by atoms with Crippen LogP contribution in [0.4, 0.5) is 0 Å². The third-order valence-corrected chi connectivity index (χ3v) is 2.80. The first-order valence-corrected chi connectivity index (χ1v) is 5.38. The molecule has 0 unspecified atom stereocenters. The van der Waals surface area contributed by atoms with Gasteiger partial charge in [0.15, 0.2) is 11.5 Å². The van der Waals surface area contributed by atoms with Crippen molar-refractivity contribution in [3.8, 4) is 17.4 Å². The number of rotatable bonds is 1. The Morgan fingerprint density at radius 3 is 2.80 bits per heavy atom. The third-order valence-electron chi connectivity index (χ3n) is 2.80. The molecule has 0 amide bonds. The lowest BCUT2D eigenvalue weighted by Gasteiger charge is -2.02. The number of aromatic nitrogens is 6. The van der Waals surface area contributed by atoms with E-state index in [0.29, 0.717) is 22.4 Å². The van der Waals surface area contributed by atoms with Crippen molar-refractivity contribution in [3.63, 3.8) is 0 Å². The predicted octanol–water partition coefficient (Wildman–Crippen LogP) is -1.20. The zero-order valence-corrected chi connectivity index (χ0v) is 9.90. The van der Waals surface area contributed by atoms with Gasteiger partial charge >= 0.3 is 0 Å². The van der Waals surface area contributed by atoms with Crippen molar-refractivity contribution in [1.82, 2.24) is 30.2 Å². The Morgan fingerprint density at radius 2 is 2.05 bits per heavy atom. The quantitative estimate of drug-likeness (QED) is 0.588. The van der Waals surface area contributed by atoms with Crippen molar-refractivity contribution < 1.29 is 14.9 Å². The van der Waals surface area contributed by atoms with E-state index in [0.717, 1.165) is 0 Å². The van der Waals surface area contributed by atoms with Gasteiger partial charge in [0.2, 0.25) is 6.79 Å². The van der Waals surface area contributed by atoms with Crippen LogP contribution in [0.1, 0.15) is 0 Å². The van der Waals surface area contributed by atoms with Crippen LogP contribution in [0.25, 0.3) is 16.9 Å². The molecule has 20 heavy (non-hydrogen) atoms. The molecular weight excluding hydrogens is 268 g/mol. The zero-order valence-electron chi connectivity index (χ0n) is 9.90. The van der Waals surface area contributed by atoms with Gasteiger partial charge in [0.1, 0.15) is 6.33 Å². The van der Waals surface area contributed by atoms with E-state index in [9.17, 15) is 4.79 Å². The number of H-pyrrole nitrogens is 1. The molecule has 0 spiro atoms. The normalized spacial score (nSPS) is 12.4. The summed E-state index contributed by atoms with van der Waals surface area (Å²) < 4.78 is 11.7. The third kappa shape index (κ3) is 1.59. The number of aromatic amines is 1. The lowest BCUT2D eigenvalue weighted by atomic mass is 10.2. The highest BCUT2D eigenvalue weighted by molar-refractivity contribution is 5.82. The summed E-state index contributed by atoms with van der Waals surface area (Å²) in [5.74, 6) is 1.24. The van der Waals surface area contributed by atoms with Crippen LogP contribution >= 0.6 is 0 Å². The Balaban J connectivity index is 0.00000121. The molecule has 1 aromatic carbocycles. The van der Waals surface area contributed by atoms with E-state index < -0.39 is 0 Å². The van der Waals surface area contributed by atoms with Gasteiger partial charge in [-0.15, -0.1) is 5.10 Å². The molecule has 10 heteroatoms. The molecular formula is C10H8N6O4. The Labute approximate surface area is 110 Å². The van der Waals surface area contributed by atoms with Gasteiger partial charge in [-0.05, 0) is 11.3 Å². The fourth-order valence-corrected chi connectivity index (χ4v) is 1.91. The second-order valence-electron chi connectivity index (χ2n) is 3.85. The summed E-state index contributed by atoms with van der Waals surface area (Å²) in [6.07, 6.45) is 1.34. The van der Waals surface area contributed by atoms with Gasteiger partial charge in [-0.2, -0.15) is 5.21 Å². The minimum atomic E-state index is -0.301. The average molecular weight is 276 g/mol. The number of nitrogens with one attached hydrogen (secondary N) is 1. The second-order valence-corrected chi connectivity index (χ2v) is 3.85. The number of nitrogens with zero attached hydrogens (tertiary/aromatic N) is 5. The summed E-state index contributed by atoms with van der Waals surface area (Å²) in [4.78, 5) is 16.5. The van der Waals surface area contributed by atoms with Gasteiger partial charge in [-0.3, -0.25) is 4.79 Å². The summed E-state index contributed by atoms with van der Waals surface area (Å²) in [6, 6.07) is 3.27. The standard InChI is InChI=1S/C10H6N6O3.H2O/c17-9-5-1-7-8(19-4-18-7)2-6(5)11-3-16(9)10-12-14-15-13-10;/h1-3H,4H2,(H,12,13,14,15);1H2. The van der Waals surface area contributed by atoms with Crippen LogP contribution < -0.4 is 15.0 Å². The maximum Gasteiger partial charge on any atom is 0.278 e. The molecule has 102 valence electrons. The van der Waals surface area contributed by atoms with Crippen LogP contribution in [0.5, 0.6) is 11.5 Å². The van der Waals surface area contributed by atoms with Gasteiger partial charge in [-0.25, -0.2) is 9.55 Å². The summed E-state index contributed by atoms with van der Waals surface area (Å²) in [5.41, 5.74) is 0.221. The number of hydrogen-bond donors (Lipinski definition) is 1. The molecule has 3 aromatic rings. The van der Waals surface area contributed by atoms with Crippen molar-refractivity contribution in [2.24, 2.45) is 0 Å². The van der Waals surface area contributed by atoms with E-state index in [1.165, 1.54) is 10.9 Å². The van der Waals surface area contributed by atoms with Gasteiger partial charge in [0, 0.05) is 6.07 Å². The summed E-state index contributed by atoms with van der Waals surface area (Å²) in [6.45, 7) is 0.144. The second kappa shape index (κ2) is 4.28. The van der Waals surface area contributed by atoms with E-state index >= 15 is 0 Å². The molecule has 3 N–H and O–H groups in total. The molecule has 0 saturated carbocycles. The van der Waals surface area contributed by atoms with Gasteiger partial charge in [-0.1, -0.05) is 5.10 Å². The molecule has 0 bridgehead atoms. The van der Waals surface area contributed by atoms with E-state index in [1.54, 1.807) is 12.1 Å². The molecule has 1 aliphatic heterocycles. The fourth-order valence-electron chi connectivity index (χ4n) is 1.91. The monoisotopic (exact) mass is 276 g/mol. The molecule has 0 atom stereocenters.